The Morgan fingerprint density at radius 1 is 1.19 bits per heavy atom. The molecule has 0 saturated heterocycles. The van der Waals surface area contributed by atoms with Gasteiger partial charge >= 0.3 is 0 Å². The number of Topliss-reactive ketones (excluding diaryl/α,β-unsaturated/α-hetero) is 1. The normalized spacial score (nSPS) is 14.0. The van der Waals surface area contributed by atoms with Gasteiger partial charge in [0.2, 0.25) is 0 Å². The highest BCUT2D eigenvalue weighted by molar-refractivity contribution is 6.52. The van der Waals surface area contributed by atoms with Gasteiger partial charge in [0.15, 0.2) is 11.6 Å². The number of hydrogen-bond donors (Lipinski definition) is 0. The van der Waals surface area contributed by atoms with Crippen molar-refractivity contribution in [2.24, 2.45) is 0 Å². The van der Waals surface area contributed by atoms with Crippen LogP contribution in [0.15, 0.2) is 18.5 Å². The predicted molar refractivity (Wildman–Crippen MR) is 67.6 cm³/mol. The van der Waals surface area contributed by atoms with Crippen LogP contribution < -0.4 is 4.90 Å². The van der Waals surface area contributed by atoms with Gasteiger partial charge in [0.1, 0.15) is 12.2 Å². The molecule has 2 aromatic rings. The molecule has 21 heavy (non-hydrogen) atoms. The molecule has 0 bridgehead atoms. The van der Waals surface area contributed by atoms with Gasteiger partial charge in [-0.3, -0.25) is 14.5 Å². The Kier molecular flexibility index (Phi) is 3.00. The minimum absolute atomic E-state index is 0.0313. The first-order valence-corrected chi connectivity index (χ1v) is 6.24. The van der Waals surface area contributed by atoms with Crippen LogP contribution in [0, 0.1) is 11.6 Å². The highest BCUT2D eigenvalue weighted by atomic mass is 19.2. The second-order valence-corrected chi connectivity index (χ2v) is 4.50. The molecule has 0 fully saturated rings. The van der Waals surface area contributed by atoms with E-state index in [1.165, 1.54) is 6.33 Å². The lowest BCUT2D eigenvalue weighted by Crippen LogP contribution is -2.30. The number of aromatic nitrogens is 3. The highest BCUT2D eigenvalue weighted by Crippen LogP contribution is 2.31. The number of ketones is 1. The minimum Gasteiger partial charge on any atom is -0.297 e. The van der Waals surface area contributed by atoms with Crippen LogP contribution in [0.5, 0.6) is 0 Å². The molecular formula is C13H10F2N4O2. The summed E-state index contributed by atoms with van der Waals surface area (Å²) >= 11 is 0. The molecule has 1 aromatic carbocycles. The summed E-state index contributed by atoms with van der Waals surface area (Å²) in [5.74, 6) is -3.50. The minimum atomic E-state index is -1.16. The zero-order valence-electron chi connectivity index (χ0n) is 11.0. The van der Waals surface area contributed by atoms with Crippen LogP contribution in [0.1, 0.15) is 23.1 Å². The molecule has 8 heteroatoms. The van der Waals surface area contributed by atoms with Crippen molar-refractivity contribution in [1.29, 1.82) is 0 Å². The number of rotatable bonds is 3. The van der Waals surface area contributed by atoms with Crippen molar-refractivity contribution in [3.63, 3.8) is 0 Å². The number of benzene rings is 1. The number of amides is 1. The standard InChI is InChI=1S/C13H10F2N4O2/c1-2-19-11(16-6-17-19)5-18-10-4-9(15)8(14)3-7(10)12(20)13(18)21/h3-4,6H,2,5H2,1H3. The van der Waals surface area contributed by atoms with Crippen molar-refractivity contribution in [3.8, 4) is 0 Å². The fourth-order valence-corrected chi connectivity index (χ4v) is 2.26. The average molecular weight is 292 g/mol. The Morgan fingerprint density at radius 2 is 1.90 bits per heavy atom. The van der Waals surface area contributed by atoms with Crippen molar-refractivity contribution >= 4 is 17.4 Å². The fraction of sp³-hybridized carbons (Fsp3) is 0.231. The monoisotopic (exact) mass is 292 g/mol. The maximum Gasteiger partial charge on any atom is 0.299 e. The summed E-state index contributed by atoms with van der Waals surface area (Å²) in [6.45, 7) is 2.35. The molecule has 1 aromatic heterocycles. The van der Waals surface area contributed by atoms with Crippen LogP contribution in [0.25, 0.3) is 0 Å². The molecule has 6 nitrogen and oxygen atoms in total. The van der Waals surface area contributed by atoms with Gasteiger partial charge < -0.3 is 0 Å². The summed E-state index contributed by atoms with van der Waals surface area (Å²) in [6, 6.07) is 1.59. The second-order valence-electron chi connectivity index (χ2n) is 4.50. The molecule has 0 radical (unpaired) electrons. The van der Waals surface area contributed by atoms with Crippen LogP contribution in [0.2, 0.25) is 0 Å². The van der Waals surface area contributed by atoms with Gasteiger partial charge in [0, 0.05) is 12.6 Å². The topological polar surface area (TPSA) is 68.1 Å². The van der Waals surface area contributed by atoms with Gasteiger partial charge in [-0.1, -0.05) is 0 Å². The van der Waals surface area contributed by atoms with Gasteiger partial charge in [-0.15, -0.1) is 0 Å². The van der Waals surface area contributed by atoms with E-state index in [1.54, 1.807) is 4.68 Å². The van der Waals surface area contributed by atoms with Crippen molar-refractivity contribution < 1.29 is 18.4 Å². The molecule has 0 saturated carbocycles. The maximum absolute atomic E-state index is 13.4. The Balaban J connectivity index is 2.03. The third kappa shape index (κ3) is 1.99. The number of hydrogen-bond acceptors (Lipinski definition) is 4. The van der Waals surface area contributed by atoms with Crippen molar-refractivity contribution in [1.82, 2.24) is 14.8 Å². The van der Waals surface area contributed by atoms with Gasteiger partial charge in [-0.2, -0.15) is 5.10 Å². The van der Waals surface area contributed by atoms with Gasteiger partial charge in [-0.25, -0.2) is 18.4 Å². The van der Waals surface area contributed by atoms with Crippen molar-refractivity contribution in [3.05, 3.63) is 41.5 Å². The number of fused-ring (bicyclic) bond motifs is 1. The summed E-state index contributed by atoms with van der Waals surface area (Å²) in [5.41, 5.74) is -0.0870. The molecule has 0 atom stereocenters. The van der Waals surface area contributed by atoms with Crippen LogP contribution in [-0.2, 0) is 17.9 Å². The summed E-state index contributed by atoms with van der Waals surface area (Å²) in [4.78, 5) is 28.9. The van der Waals surface area contributed by atoms with Gasteiger partial charge in [0.25, 0.3) is 11.7 Å². The second kappa shape index (κ2) is 4.72. The highest BCUT2D eigenvalue weighted by Gasteiger charge is 2.37. The Hall–Kier alpha value is -2.64. The van der Waals surface area contributed by atoms with Crippen LogP contribution >= 0.6 is 0 Å². The zero-order valence-corrected chi connectivity index (χ0v) is 11.0. The molecule has 0 aliphatic carbocycles. The first kappa shape index (κ1) is 13.3. The first-order valence-electron chi connectivity index (χ1n) is 6.24. The molecule has 108 valence electrons. The van der Waals surface area contributed by atoms with E-state index in [-0.39, 0.29) is 17.8 Å². The smallest absolute Gasteiger partial charge is 0.297 e. The van der Waals surface area contributed by atoms with E-state index in [0.717, 1.165) is 17.0 Å². The number of carbonyl (C=O) groups is 2. The molecule has 3 rings (SSSR count). The third-order valence-corrected chi connectivity index (χ3v) is 3.31. The molecule has 0 unspecified atom stereocenters. The Bertz CT molecular complexity index is 757. The molecule has 0 spiro atoms. The van der Waals surface area contributed by atoms with Crippen LogP contribution in [0.4, 0.5) is 14.5 Å². The lowest BCUT2D eigenvalue weighted by Gasteiger charge is -2.16. The van der Waals surface area contributed by atoms with E-state index in [0.29, 0.717) is 12.4 Å². The molecule has 0 N–H and O–H groups in total. The SMILES string of the molecule is CCn1ncnc1CN1C(=O)C(=O)c2cc(F)c(F)cc21. The van der Waals surface area contributed by atoms with Crippen molar-refractivity contribution in [2.75, 3.05) is 4.90 Å². The van der Waals surface area contributed by atoms with E-state index in [4.69, 9.17) is 0 Å². The summed E-state index contributed by atoms with van der Waals surface area (Å²) in [5, 5.41) is 3.96. The quantitative estimate of drug-likeness (QED) is 0.800. The molecule has 2 heterocycles. The van der Waals surface area contributed by atoms with E-state index in [2.05, 4.69) is 10.1 Å². The van der Waals surface area contributed by atoms with Gasteiger partial charge in [-0.05, 0) is 13.0 Å². The Labute approximate surface area is 118 Å². The fourth-order valence-electron chi connectivity index (χ4n) is 2.26. The summed E-state index contributed by atoms with van der Waals surface area (Å²) in [7, 11) is 0. The number of anilines is 1. The van der Waals surface area contributed by atoms with Gasteiger partial charge in [0.05, 0.1) is 17.8 Å². The zero-order chi connectivity index (χ0) is 15.1. The molecular weight excluding hydrogens is 282 g/mol. The predicted octanol–water partition coefficient (Wildman–Crippen LogP) is 1.31. The third-order valence-electron chi connectivity index (χ3n) is 3.31. The number of nitrogens with zero attached hydrogens (tertiary/aromatic N) is 4. The first-order chi connectivity index (χ1) is 10.0. The number of carbonyl (C=O) groups excluding carboxylic acids is 2. The lowest BCUT2D eigenvalue weighted by atomic mass is 10.1. The molecule has 1 aliphatic rings. The van der Waals surface area contributed by atoms with Crippen LogP contribution in [-0.4, -0.2) is 26.5 Å². The molecule has 1 aliphatic heterocycles. The maximum atomic E-state index is 13.4. The molecule has 1 amide bonds. The van der Waals surface area contributed by atoms with E-state index < -0.39 is 23.3 Å². The largest absolute Gasteiger partial charge is 0.299 e. The summed E-state index contributed by atoms with van der Waals surface area (Å²) in [6.07, 6.45) is 1.33. The number of aryl methyl sites for hydroxylation is 1. The van der Waals surface area contributed by atoms with E-state index in [9.17, 15) is 18.4 Å². The average Bonchev–Trinajstić information content (AvgIpc) is 3.00. The lowest BCUT2D eigenvalue weighted by molar-refractivity contribution is -0.114. The van der Waals surface area contributed by atoms with Crippen LogP contribution in [0.3, 0.4) is 0 Å². The van der Waals surface area contributed by atoms with Crippen molar-refractivity contribution in [2.45, 2.75) is 20.0 Å². The number of halogens is 2. The van der Waals surface area contributed by atoms with E-state index in [1.807, 2.05) is 6.92 Å². The van der Waals surface area contributed by atoms with E-state index >= 15 is 0 Å². The summed E-state index contributed by atoms with van der Waals surface area (Å²) < 4.78 is 28.1. The Morgan fingerprint density at radius 3 is 2.62 bits per heavy atom.